The molecule has 0 amide bonds. The molecule has 3 aromatic rings. The summed E-state index contributed by atoms with van der Waals surface area (Å²) in [5, 5.41) is 18.1. The number of benzene rings is 2. The number of rotatable bonds is 2. The Hall–Kier alpha value is -3.05. The number of nitrogens with one attached hydrogen (secondary N) is 1. The number of anilines is 1. The van der Waals surface area contributed by atoms with Gasteiger partial charge in [0.05, 0.1) is 11.3 Å². The number of aromatic nitrogens is 1. The van der Waals surface area contributed by atoms with Gasteiger partial charge in [-0.2, -0.15) is 0 Å². The maximum atomic E-state index is 13.4. The van der Waals surface area contributed by atoms with Gasteiger partial charge in [0.15, 0.2) is 5.78 Å². The smallest absolute Gasteiger partial charge is 0.233 e. The van der Waals surface area contributed by atoms with Gasteiger partial charge < -0.3 is 14.9 Å². The van der Waals surface area contributed by atoms with E-state index < -0.39 is 0 Å². The van der Waals surface area contributed by atoms with Crippen LogP contribution in [0.1, 0.15) is 47.1 Å². The Kier molecular flexibility index (Phi) is 4.21. The van der Waals surface area contributed by atoms with Crippen molar-refractivity contribution in [3.63, 3.8) is 0 Å². The van der Waals surface area contributed by atoms with E-state index in [-0.39, 0.29) is 23.4 Å². The number of aryl methyl sites for hydroxylation is 1. The highest BCUT2D eigenvalue weighted by Crippen LogP contribution is 2.49. The van der Waals surface area contributed by atoms with Crippen molar-refractivity contribution in [3.05, 3.63) is 87.2 Å². The van der Waals surface area contributed by atoms with Gasteiger partial charge in [-0.3, -0.25) is 4.79 Å². The quantitative estimate of drug-likeness (QED) is 0.604. The minimum Gasteiger partial charge on any atom is -0.508 e. The summed E-state index contributed by atoms with van der Waals surface area (Å²) in [5.74, 6) is 0.596. The second-order valence-corrected chi connectivity index (χ2v) is 8.07. The summed E-state index contributed by atoms with van der Waals surface area (Å²) in [6.07, 6.45) is 1.12. The van der Waals surface area contributed by atoms with Gasteiger partial charge in [-0.15, -0.1) is 0 Å². The number of hydrogen-bond donors (Lipinski definition) is 2. The van der Waals surface area contributed by atoms with Crippen LogP contribution < -0.4 is 5.32 Å². The molecule has 0 radical (unpaired) electrons. The van der Waals surface area contributed by atoms with Gasteiger partial charge in [0, 0.05) is 28.6 Å². The Morgan fingerprint density at radius 3 is 2.69 bits per heavy atom. The van der Waals surface area contributed by atoms with Gasteiger partial charge in [-0.1, -0.05) is 41.0 Å². The molecule has 2 atom stereocenters. The Morgan fingerprint density at radius 2 is 1.93 bits per heavy atom. The zero-order valence-electron chi connectivity index (χ0n) is 15.8. The lowest BCUT2D eigenvalue weighted by Crippen LogP contribution is -2.29. The molecule has 1 aromatic heterocycles. The fraction of sp³-hybridized carbons (Fsp3) is 0.217. The molecule has 1 aliphatic carbocycles. The third-order valence-corrected chi connectivity index (χ3v) is 6.05. The monoisotopic (exact) mass is 406 g/mol. The molecule has 2 aromatic carbocycles. The summed E-state index contributed by atoms with van der Waals surface area (Å²) in [7, 11) is 0. The fourth-order valence-corrected chi connectivity index (χ4v) is 4.61. The molecule has 2 aliphatic rings. The molecule has 1 aliphatic heterocycles. The molecular weight excluding hydrogens is 388 g/mol. The summed E-state index contributed by atoms with van der Waals surface area (Å²) < 4.78 is 5.52. The number of Topliss-reactive ketones (excluding diaryl/α,β-unsaturated/α-hetero) is 1. The van der Waals surface area contributed by atoms with Gasteiger partial charge in [-0.05, 0) is 54.7 Å². The van der Waals surface area contributed by atoms with Crippen molar-refractivity contribution < 1.29 is 14.4 Å². The van der Waals surface area contributed by atoms with Crippen LogP contribution in [0.2, 0.25) is 5.02 Å². The first-order valence-corrected chi connectivity index (χ1v) is 9.93. The van der Waals surface area contributed by atoms with Crippen LogP contribution >= 0.6 is 11.6 Å². The van der Waals surface area contributed by atoms with Crippen LogP contribution in [0, 0.1) is 6.92 Å². The van der Waals surface area contributed by atoms with E-state index in [0.717, 1.165) is 33.7 Å². The van der Waals surface area contributed by atoms with Crippen molar-refractivity contribution in [3.8, 4) is 5.75 Å². The molecule has 5 nitrogen and oxygen atoms in total. The molecular formula is C23H19ClN2O3. The van der Waals surface area contributed by atoms with Crippen molar-refractivity contribution >= 4 is 23.3 Å². The van der Waals surface area contributed by atoms with E-state index in [0.29, 0.717) is 23.7 Å². The van der Waals surface area contributed by atoms with Gasteiger partial charge in [0.25, 0.3) is 0 Å². The topological polar surface area (TPSA) is 75.4 Å². The van der Waals surface area contributed by atoms with E-state index in [9.17, 15) is 9.90 Å². The largest absolute Gasteiger partial charge is 0.508 e. The summed E-state index contributed by atoms with van der Waals surface area (Å²) in [6, 6.07) is 14.7. The Labute approximate surface area is 173 Å². The predicted octanol–water partition coefficient (Wildman–Crippen LogP) is 5.30. The molecule has 0 saturated carbocycles. The van der Waals surface area contributed by atoms with Crippen LogP contribution in [-0.4, -0.2) is 16.0 Å². The number of aromatic hydroxyl groups is 1. The van der Waals surface area contributed by atoms with Crippen LogP contribution in [0.25, 0.3) is 0 Å². The van der Waals surface area contributed by atoms with Gasteiger partial charge in [0.2, 0.25) is 5.88 Å². The Bertz CT molecular complexity index is 1150. The average Bonchev–Trinajstić information content (AvgIpc) is 3.07. The van der Waals surface area contributed by atoms with Gasteiger partial charge in [-0.25, -0.2) is 0 Å². The number of ketones is 1. The third-order valence-electron chi connectivity index (χ3n) is 5.80. The van der Waals surface area contributed by atoms with E-state index in [2.05, 4.69) is 10.5 Å². The summed E-state index contributed by atoms with van der Waals surface area (Å²) in [5.41, 5.74) is 5.12. The van der Waals surface area contributed by atoms with Crippen molar-refractivity contribution in [1.29, 1.82) is 0 Å². The van der Waals surface area contributed by atoms with Crippen LogP contribution in [-0.2, 0) is 4.79 Å². The van der Waals surface area contributed by atoms with Gasteiger partial charge in [0.1, 0.15) is 5.75 Å². The van der Waals surface area contributed by atoms with E-state index in [1.54, 1.807) is 18.2 Å². The zero-order valence-corrected chi connectivity index (χ0v) is 16.5. The number of phenolic OH excluding ortho intramolecular Hbond substituents is 1. The van der Waals surface area contributed by atoms with Crippen LogP contribution in [0.15, 0.2) is 64.3 Å². The van der Waals surface area contributed by atoms with Crippen molar-refractivity contribution in [1.82, 2.24) is 5.16 Å². The number of allylic oxidation sites excluding steroid dienone is 2. The van der Waals surface area contributed by atoms with E-state index >= 15 is 0 Å². The number of nitrogens with zero attached hydrogens (tertiary/aromatic N) is 1. The molecule has 0 fully saturated rings. The predicted molar refractivity (Wildman–Crippen MR) is 110 cm³/mol. The van der Waals surface area contributed by atoms with Crippen molar-refractivity contribution in [2.45, 2.75) is 31.6 Å². The zero-order chi connectivity index (χ0) is 20.1. The SMILES string of the molecule is Cc1noc2c1[C@H](c1cccc(O)c1)C1=C(C[C@H](c3ccc(Cl)cc3)CC1=O)N2. The summed E-state index contributed by atoms with van der Waals surface area (Å²) in [6.45, 7) is 1.87. The molecule has 0 spiro atoms. The molecule has 0 unspecified atom stereocenters. The number of hydrogen-bond acceptors (Lipinski definition) is 5. The Morgan fingerprint density at radius 1 is 1.14 bits per heavy atom. The van der Waals surface area contributed by atoms with Gasteiger partial charge >= 0.3 is 0 Å². The number of phenols is 1. The standard InChI is InChI=1S/C23H19ClN2O3/c1-12-20-21(14-3-2-4-17(27)9-14)22-18(25-23(20)29-26-12)10-15(11-19(22)28)13-5-7-16(24)8-6-13/h2-9,15,21,25,27H,10-11H2,1H3/t15-,21-/m0/s1. The molecule has 0 saturated heterocycles. The van der Waals surface area contributed by atoms with E-state index in [1.165, 1.54) is 0 Å². The van der Waals surface area contributed by atoms with Crippen molar-refractivity contribution in [2.24, 2.45) is 0 Å². The number of halogens is 1. The van der Waals surface area contributed by atoms with E-state index in [4.69, 9.17) is 16.1 Å². The second-order valence-electron chi connectivity index (χ2n) is 7.64. The van der Waals surface area contributed by atoms with Crippen LogP contribution in [0.5, 0.6) is 5.75 Å². The molecule has 2 N–H and O–H groups in total. The molecule has 6 heteroatoms. The average molecular weight is 407 g/mol. The number of carbonyl (C=O) groups is 1. The highest BCUT2D eigenvalue weighted by molar-refractivity contribution is 6.30. The number of carbonyl (C=O) groups excluding carboxylic acids is 1. The second kappa shape index (κ2) is 6.78. The third kappa shape index (κ3) is 3.02. The molecule has 5 rings (SSSR count). The minimum atomic E-state index is -0.307. The summed E-state index contributed by atoms with van der Waals surface area (Å²) >= 11 is 6.02. The normalized spacial score (nSPS) is 20.8. The minimum absolute atomic E-state index is 0.0708. The molecule has 2 heterocycles. The van der Waals surface area contributed by atoms with E-state index in [1.807, 2.05) is 37.3 Å². The molecule has 0 bridgehead atoms. The fourth-order valence-electron chi connectivity index (χ4n) is 4.48. The first-order chi connectivity index (χ1) is 14.0. The molecule has 146 valence electrons. The Balaban J connectivity index is 1.62. The lowest BCUT2D eigenvalue weighted by atomic mass is 9.72. The number of fused-ring (bicyclic) bond motifs is 1. The van der Waals surface area contributed by atoms with Crippen molar-refractivity contribution in [2.75, 3.05) is 5.32 Å². The maximum Gasteiger partial charge on any atom is 0.233 e. The first-order valence-electron chi connectivity index (χ1n) is 9.55. The highest BCUT2D eigenvalue weighted by atomic mass is 35.5. The highest BCUT2D eigenvalue weighted by Gasteiger charge is 2.41. The van der Waals surface area contributed by atoms with Crippen LogP contribution in [0.3, 0.4) is 0 Å². The lowest BCUT2D eigenvalue weighted by Gasteiger charge is -2.34. The maximum absolute atomic E-state index is 13.4. The first kappa shape index (κ1) is 18.0. The summed E-state index contributed by atoms with van der Waals surface area (Å²) in [4.78, 5) is 13.4. The lowest BCUT2D eigenvalue weighted by molar-refractivity contribution is -0.116. The molecule has 29 heavy (non-hydrogen) atoms. The van der Waals surface area contributed by atoms with Crippen LogP contribution in [0.4, 0.5) is 5.88 Å².